The smallest absolute Gasteiger partial charge is 0.413 e. The molecule has 3 rings (SSSR count). The fourth-order valence-electron chi connectivity index (χ4n) is 4.84. The normalized spacial score (nSPS) is 19.1. The van der Waals surface area contributed by atoms with E-state index in [-0.39, 0.29) is 6.04 Å². The minimum Gasteiger partial charge on any atom is -0.441 e. The number of hydrogen-bond acceptors (Lipinski definition) is 5. The SMILES string of the molecule is C[C@@H]([C@@H](OC(=O)N1C(C)(C)COC1(C)C)C(C)(C)O)N(Cc1ccccc1)Cc1ccccc1. The van der Waals surface area contributed by atoms with Gasteiger partial charge in [-0.1, -0.05) is 60.7 Å². The summed E-state index contributed by atoms with van der Waals surface area (Å²) in [6.07, 6.45) is -1.24. The van der Waals surface area contributed by atoms with E-state index in [4.69, 9.17) is 9.47 Å². The van der Waals surface area contributed by atoms with E-state index < -0.39 is 29.1 Å². The van der Waals surface area contributed by atoms with Crippen molar-refractivity contribution >= 4 is 6.09 Å². The average molecular weight is 469 g/mol. The zero-order valence-corrected chi connectivity index (χ0v) is 21.6. The van der Waals surface area contributed by atoms with Gasteiger partial charge in [-0.05, 0) is 59.6 Å². The molecule has 0 aliphatic carbocycles. The Balaban J connectivity index is 1.89. The minimum atomic E-state index is -1.25. The third kappa shape index (κ3) is 6.17. The van der Waals surface area contributed by atoms with Crippen LogP contribution >= 0.6 is 0 Å². The molecule has 2 atom stereocenters. The Bertz CT molecular complexity index is 880. The maximum absolute atomic E-state index is 13.5. The van der Waals surface area contributed by atoms with Crippen molar-refractivity contribution in [1.82, 2.24) is 9.80 Å². The van der Waals surface area contributed by atoms with Crippen LogP contribution in [0.25, 0.3) is 0 Å². The van der Waals surface area contributed by atoms with Crippen LogP contribution in [0, 0.1) is 0 Å². The fourth-order valence-corrected chi connectivity index (χ4v) is 4.84. The third-order valence-electron chi connectivity index (χ3n) is 6.50. The summed E-state index contributed by atoms with van der Waals surface area (Å²) in [5.41, 5.74) is -0.249. The van der Waals surface area contributed by atoms with E-state index in [1.165, 1.54) is 0 Å². The predicted molar refractivity (Wildman–Crippen MR) is 134 cm³/mol. The first-order valence-corrected chi connectivity index (χ1v) is 12.0. The van der Waals surface area contributed by atoms with Gasteiger partial charge in [0.25, 0.3) is 0 Å². The molecule has 2 aromatic carbocycles. The molecule has 1 N–H and O–H groups in total. The van der Waals surface area contributed by atoms with Crippen molar-refractivity contribution in [3.05, 3.63) is 71.8 Å². The standard InChI is InChI=1S/C28H40N2O4/c1-21(29(18-22-14-10-8-11-15-22)19-23-16-12-9-13-17-23)24(27(4,5)32)34-25(31)30-26(2,3)20-33-28(30,6)7/h8-17,21,24,32H,18-20H2,1-7H3/t21-,24+/m0/s1. The fraction of sp³-hybridized carbons (Fsp3) is 0.536. The van der Waals surface area contributed by atoms with Crippen molar-refractivity contribution in [2.24, 2.45) is 0 Å². The molecule has 1 aliphatic rings. The molecule has 0 spiro atoms. The van der Waals surface area contributed by atoms with E-state index in [0.717, 1.165) is 11.1 Å². The maximum atomic E-state index is 13.5. The molecule has 0 unspecified atom stereocenters. The van der Waals surface area contributed by atoms with E-state index in [0.29, 0.717) is 19.7 Å². The zero-order valence-electron chi connectivity index (χ0n) is 21.6. The van der Waals surface area contributed by atoms with E-state index in [2.05, 4.69) is 29.2 Å². The Hall–Kier alpha value is -2.41. The largest absolute Gasteiger partial charge is 0.441 e. The van der Waals surface area contributed by atoms with Crippen LogP contribution in [0.1, 0.15) is 59.6 Å². The molecule has 34 heavy (non-hydrogen) atoms. The number of ether oxygens (including phenoxy) is 2. The van der Waals surface area contributed by atoms with Gasteiger partial charge in [-0.2, -0.15) is 0 Å². The lowest BCUT2D eigenvalue weighted by atomic mass is 9.94. The summed E-state index contributed by atoms with van der Waals surface area (Å²) >= 11 is 0. The Morgan fingerprint density at radius 1 is 1.03 bits per heavy atom. The Morgan fingerprint density at radius 2 is 1.50 bits per heavy atom. The molecule has 0 saturated carbocycles. The molecular formula is C28H40N2O4. The number of carbonyl (C=O) groups is 1. The van der Waals surface area contributed by atoms with Crippen molar-refractivity contribution < 1.29 is 19.4 Å². The van der Waals surface area contributed by atoms with Crippen molar-refractivity contribution in [2.75, 3.05) is 6.61 Å². The second-order valence-electron chi connectivity index (χ2n) is 11.0. The lowest BCUT2D eigenvalue weighted by Crippen LogP contribution is -2.58. The quantitative estimate of drug-likeness (QED) is 0.577. The van der Waals surface area contributed by atoms with Crippen LogP contribution in [0.3, 0.4) is 0 Å². The van der Waals surface area contributed by atoms with Crippen LogP contribution in [-0.2, 0) is 22.6 Å². The maximum Gasteiger partial charge on any atom is 0.413 e. The Kier molecular flexibility index (Phi) is 7.75. The van der Waals surface area contributed by atoms with Crippen molar-refractivity contribution in [1.29, 1.82) is 0 Å². The second-order valence-corrected chi connectivity index (χ2v) is 11.0. The highest BCUT2D eigenvalue weighted by atomic mass is 16.6. The molecular weight excluding hydrogens is 428 g/mol. The molecule has 0 aromatic heterocycles. The van der Waals surface area contributed by atoms with Crippen LogP contribution < -0.4 is 0 Å². The Labute approximate surface area is 204 Å². The van der Waals surface area contributed by atoms with E-state index >= 15 is 0 Å². The first-order chi connectivity index (χ1) is 15.8. The molecule has 1 heterocycles. The predicted octanol–water partition coefficient (Wildman–Crippen LogP) is 5.20. The molecule has 2 aromatic rings. The lowest BCUT2D eigenvalue weighted by molar-refractivity contribution is -0.117. The summed E-state index contributed by atoms with van der Waals surface area (Å²) in [4.78, 5) is 17.4. The number of amides is 1. The van der Waals surface area contributed by atoms with Gasteiger partial charge in [0.05, 0.1) is 17.7 Å². The molecule has 1 aliphatic heterocycles. The molecule has 1 fully saturated rings. The third-order valence-corrected chi connectivity index (χ3v) is 6.50. The molecule has 0 bridgehead atoms. The monoisotopic (exact) mass is 468 g/mol. The second kappa shape index (κ2) is 10.1. The molecule has 186 valence electrons. The molecule has 6 heteroatoms. The number of carbonyl (C=O) groups excluding carboxylic acids is 1. The average Bonchev–Trinajstić information content (AvgIpc) is 2.99. The first-order valence-electron chi connectivity index (χ1n) is 12.0. The summed E-state index contributed by atoms with van der Waals surface area (Å²) in [6.45, 7) is 14.8. The number of aliphatic hydroxyl groups is 1. The lowest BCUT2D eigenvalue weighted by Gasteiger charge is -2.43. The van der Waals surface area contributed by atoms with Crippen molar-refractivity contribution in [3.8, 4) is 0 Å². The summed E-state index contributed by atoms with van der Waals surface area (Å²) < 4.78 is 12.0. The number of benzene rings is 2. The van der Waals surface area contributed by atoms with Crippen LogP contribution in [0.2, 0.25) is 0 Å². The molecule has 1 amide bonds. The zero-order chi connectivity index (χ0) is 25.1. The number of nitrogens with zero attached hydrogens (tertiary/aromatic N) is 2. The molecule has 6 nitrogen and oxygen atoms in total. The van der Waals surface area contributed by atoms with Gasteiger partial charge in [-0.25, -0.2) is 4.79 Å². The van der Waals surface area contributed by atoms with Gasteiger partial charge in [0.2, 0.25) is 0 Å². The summed E-state index contributed by atoms with van der Waals surface area (Å²) in [6, 6.07) is 20.2. The van der Waals surface area contributed by atoms with E-state index in [1.54, 1.807) is 18.7 Å². The number of rotatable bonds is 8. The van der Waals surface area contributed by atoms with Crippen molar-refractivity contribution in [2.45, 2.75) is 90.6 Å². The van der Waals surface area contributed by atoms with Gasteiger partial charge >= 0.3 is 6.09 Å². The first kappa shape index (κ1) is 26.2. The summed E-state index contributed by atoms with van der Waals surface area (Å²) in [7, 11) is 0. The van der Waals surface area contributed by atoms with Gasteiger partial charge in [-0.3, -0.25) is 9.80 Å². The van der Waals surface area contributed by atoms with Gasteiger partial charge < -0.3 is 14.6 Å². The minimum absolute atomic E-state index is 0.265. The summed E-state index contributed by atoms with van der Waals surface area (Å²) in [5, 5.41) is 11.1. The highest BCUT2D eigenvalue weighted by Crippen LogP contribution is 2.36. The van der Waals surface area contributed by atoms with Crippen LogP contribution in [-0.4, -0.2) is 56.6 Å². The van der Waals surface area contributed by atoms with E-state index in [1.807, 2.05) is 71.0 Å². The molecule has 1 saturated heterocycles. The van der Waals surface area contributed by atoms with Crippen LogP contribution in [0.15, 0.2) is 60.7 Å². The Morgan fingerprint density at radius 3 is 1.88 bits per heavy atom. The van der Waals surface area contributed by atoms with Crippen molar-refractivity contribution in [3.63, 3.8) is 0 Å². The van der Waals surface area contributed by atoms with Crippen LogP contribution in [0.4, 0.5) is 4.79 Å². The van der Waals surface area contributed by atoms with Gasteiger partial charge in [0.1, 0.15) is 11.8 Å². The van der Waals surface area contributed by atoms with Gasteiger partial charge in [0, 0.05) is 19.1 Å². The summed E-state index contributed by atoms with van der Waals surface area (Å²) in [5.74, 6) is 0. The van der Waals surface area contributed by atoms with Gasteiger partial charge in [0.15, 0.2) is 0 Å². The highest BCUT2D eigenvalue weighted by Gasteiger charge is 2.51. The topological polar surface area (TPSA) is 62.2 Å². The number of hydrogen-bond donors (Lipinski definition) is 1. The molecule has 0 radical (unpaired) electrons. The van der Waals surface area contributed by atoms with Crippen LogP contribution in [0.5, 0.6) is 0 Å². The van der Waals surface area contributed by atoms with E-state index in [9.17, 15) is 9.90 Å². The van der Waals surface area contributed by atoms with Gasteiger partial charge in [-0.15, -0.1) is 0 Å². The highest BCUT2D eigenvalue weighted by molar-refractivity contribution is 5.70.